The number of oxazole rings is 1. The van der Waals surface area contributed by atoms with Crippen molar-refractivity contribution in [2.24, 2.45) is 0 Å². The largest absolute Gasteiger partial charge is 0.424 e. The van der Waals surface area contributed by atoms with Gasteiger partial charge in [-0.15, -0.1) is 0 Å². The van der Waals surface area contributed by atoms with Gasteiger partial charge in [-0.3, -0.25) is 9.59 Å². The minimum absolute atomic E-state index is 0.0687. The molecule has 4 N–H and O–H groups in total. The summed E-state index contributed by atoms with van der Waals surface area (Å²) >= 11 is 0. The number of hydrogen-bond donors (Lipinski definition) is 2. The fourth-order valence-corrected chi connectivity index (χ4v) is 6.20. The number of rotatable bonds is 19. The number of carbonyl (C=O) groups excluding carboxylic acids is 2. The zero-order valence-electron chi connectivity index (χ0n) is 30.3. The van der Waals surface area contributed by atoms with Gasteiger partial charge in [0.25, 0.3) is 6.01 Å². The second kappa shape index (κ2) is 18.1. The predicted molar refractivity (Wildman–Crippen MR) is 198 cm³/mol. The quantitative estimate of drug-likeness (QED) is 0.118. The molecule has 6 rings (SSSR count). The second-order valence-corrected chi connectivity index (χ2v) is 12.7. The zero-order chi connectivity index (χ0) is 37.2. The summed E-state index contributed by atoms with van der Waals surface area (Å²) in [6.07, 6.45) is 3.01. The third-order valence-corrected chi connectivity index (χ3v) is 9.08. The van der Waals surface area contributed by atoms with Gasteiger partial charge in [-0.05, 0) is 41.3 Å². The van der Waals surface area contributed by atoms with Crippen LogP contribution >= 0.6 is 0 Å². The third-order valence-electron chi connectivity index (χ3n) is 9.08. The lowest BCUT2D eigenvalue weighted by atomic mass is 9.97. The summed E-state index contributed by atoms with van der Waals surface area (Å²) in [5, 5.41) is 5.58. The van der Waals surface area contributed by atoms with E-state index in [1.165, 1.54) is 11.9 Å². The normalized spacial score (nSPS) is 12.8. The van der Waals surface area contributed by atoms with Crippen LogP contribution in [-0.4, -0.2) is 119 Å². The maximum atomic E-state index is 13.0. The highest BCUT2D eigenvalue weighted by Gasteiger charge is 2.22. The lowest BCUT2D eigenvalue weighted by Gasteiger charge is -2.29. The van der Waals surface area contributed by atoms with Gasteiger partial charge in [0.2, 0.25) is 11.8 Å². The number of anilines is 2. The maximum absolute atomic E-state index is 13.0. The Balaban J connectivity index is 0.906. The average molecular weight is 730 g/mol. The number of nitrogen functional groups attached to an aromatic ring is 2. The van der Waals surface area contributed by atoms with Crippen LogP contribution in [0.3, 0.4) is 0 Å². The number of nitrogens with zero attached hydrogens (tertiary/aromatic N) is 7. The van der Waals surface area contributed by atoms with E-state index in [4.69, 9.17) is 39.9 Å². The van der Waals surface area contributed by atoms with Crippen molar-refractivity contribution in [2.45, 2.75) is 39.3 Å². The van der Waals surface area contributed by atoms with Crippen LogP contribution < -0.4 is 11.5 Å². The SMILES string of the molecule is CCC(=O)N(C)CCOCCOCCOCCOCCC(=O)N1CCc2cc(Cn3nc(-c4ccc5oc(N)nc5c4)c4c(N)ncnc43)ccc2C1. The standard InChI is InChI=1S/C37H47N9O7/c1-3-31(47)44(2)11-13-50-15-17-52-19-18-51-16-14-49-12-9-32(48)45-10-8-26-20-25(4-5-28(26)23-45)22-46-36-33(35(38)40-24-41-36)34(43-46)27-6-7-30-29(21-27)42-37(39)53-30/h4-7,20-21,24H,3,8-19,22-23H2,1-2H3,(H2,39,42)(H2,38,40,41). The maximum Gasteiger partial charge on any atom is 0.292 e. The van der Waals surface area contributed by atoms with Crippen molar-refractivity contribution in [3.8, 4) is 11.3 Å². The minimum Gasteiger partial charge on any atom is -0.424 e. The highest BCUT2D eigenvalue weighted by molar-refractivity contribution is 5.99. The molecular weight excluding hydrogens is 682 g/mol. The molecule has 16 heteroatoms. The number of ether oxygens (including phenoxy) is 4. The molecule has 0 atom stereocenters. The molecule has 2 amide bonds. The van der Waals surface area contributed by atoms with Gasteiger partial charge in [0, 0.05) is 38.7 Å². The van der Waals surface area contributed by atoms with E-state index >= 15 is 0 Å². The van der Waals surface area contributed by atoms with Gasteiger partial charge in [0.1, 0.15) is 23.4 Å². The summed E-state index contributed by atoms with van der Waals surface area (Å²) in [4.78, 5) is 41.0. The monoisotopic (exact) mass is 729 g/mol. The summed E-state index contributed by atoms with van der Waals surface area (Å²) in [5.41, 5.74) is 18.8. The summed E-state index contributed by atoms with van der Waals surface area (Å²) < 4.78 is 29.4. The molecule has 1 aliphatic rings. The van der Waals surface area contributed by atoms with Crippen molar-refractivity contribution >= 4 is 45.8 Å². The first-order valence-electron chi connectivity index (χ1n) is 17.9. The van der Waals surface area contributed by atoms with Crippen molar-refractivity contribution in [2.75, 3.05) is 84.5 Å². The smallest absolute Gasteiger partial charge is 0.292 e. The molecule has 5 aromatic rings. The van der Waals surface area contributed by atoms with Crippen molar-refractivity contribution < 1.29 is 33.0 Å². The van der Waals surface area contributed by atoms with Crippen LogP contribution in [0, 0.1) is 0 Å². The van der Waals surface area contributed by atoms with E-state index in [0.717, 1.165) is 23.1 Å². The van der Waals surface area contributed by atoms with E-state index in [1.807, 2.05) is 28.6 Å². The number of hydrogen-bond acceptors (Lipinski definition) is 13. The predicted octanol–water partition coefficient (Wildman–Crippen LogP) is 3.06. The third kappa shape index (κ3) is 9.64. The van der Waals surface area contributed by atoms with Crippen molar-refractivity contribution in [3.05, 3.63) is 59.4 Å². The van der Waals surface area contributed by atoms with Crippen LogP contribution in [-0.2, 0) is 48.0 Å². The number of nitrogens with two attached hydrogens (primary N) is 2. The molecule has 16 nitrogen and oxygen atoms in total. The molecule has 0 aliphatic carbocycles. The molecule has 0 saturated carbocycles. The molecule has 0 fully saturated rings. The number of amides is 2. The van der Waals surface area contributed by atoms with Crippen LogP contribution in [0.25, 0.3) is 33.4 Å². The summed E-state index contributed by atoms with van der Waals surface area (Å²) in [7, 11) is 1.77. The van der Waals surface area contributed by atoms with E-state index in [1.54, 1.807) is 18.0 Å². The lowest BCUT2D eigenvalue weighted by Crippen LogP contribution is -2.36. The van der Waals surface area contributed by atoms with Crippen molar-refractivity contribution in [3.63, 3.8) is 0 Å². The molecule has 1 aliphatic heterocycles. The second-order valence-electron chi connectivity index (χ2n) is 12.7. The van der Waals surface area contributed by atoms with Gasteiger partial charge in [0.15, 0.2) is 11.2 Å². The molecule has 53 heavy (non-hydrogen) atoms. The molecular formula is C37H47N9O7. The van der Waals surface area contributed by atoms with Crippen LogP contribution in [0.2, 0.25) is 0 Å². The molecule has 0 bridgehead atoms. The number of fused-ring (bicyclic) bond motifs is 3. The highest BCUT2D eigenvalue weighted by atomic mass is 16.6. The first-order valence-corrected chi connectivity index (χ1v) is 17.9. The van der Waals surface area contributed by atoms with Crippen LogP contribution in [0.5, 0.6) is 0 Å². The molecule has 3 aromatic heterocycles. The van der Waals surface area contributed by atoms with E-state index in [2.05, 4.69) is 33.2 Å². The number of benzene rings is 2. The van der Waals surface area contributed by atoms with E-state index < -0.39 is 0 Å². The minimum atomic E-state index is 0.0687. The number of aromatic nitrogens is 5. The Morgan fingerprint density at radius 1 is 0.906 bits per heavy atom. The summed E-state index contributed by atoms with van der Waals surface area (Å²) in [6, 6.07) is 12.0. The highest BCUT2D eigenvalue weighted by Crippen LogP contribution is 2.33. The van der Waals surface area contributed by atoms with Gasteiger partial charge in [-0.2, -0.15) is 10.1 Å². The van der Waals surface area contributed by atoms with E-state index in [9.17, 15) is 9.59 Å². The Kier molecular flexibility index (Phi) is 12.8. The van der Waals surface area contributed by atoms with Crippen molar-refractivity contribution in [1.29, 1.82) is 0 Å². The van der Waals surface area contributed by atoms with Gasteiger partial charge < -0.3 is 44.6 Å². The van der Waals surface area contributed by atoms with Crippen LogP contribution in [0.15, 0.2) is 47.1 Å². The van der Waals surface area contributed by atoms with Crippen LogP contribution in [0.1, 0.15) is 36.5 Å². The van der Waals surface area contributed by atoms with Gasteiger partial charge in [-0.1, -0.05) is 25.1 Å². The Hall–Kier alpha value is -5.16. The number of carbonyl (C=O) groups is 2. The van der Waals surface area contributed by atoms with Gasteiger partial charge in [-0.25, -0.2) is 14.6 Å². The lowest BCUT2D eigenvalue weighted by molar-refractivity contribution is -0.133. The first-order chi connectivity index (χ1) is 25.8. The molecule has 0 unspecified atom stereocenters. The van der Waals surface area contributed by atoms with Gasteiger partial charge in [0.05, 0.1) is 71.2 Å². The molecule has 4 heterocycles. The van der Waals surface area contributed by atoms with Crippen molar-refractivity contribution in [1.82, 2.24) is 34.5 Å². The number of likely N-dealkylation sites (N-methyl/N-ethyl adjacent to an activating group) is 1. The molecule has 0 saturated heterocycles. The molecule has 2 aromatic carbocycles. The van der Waals surface area contributed by atoms with E-state index in [0.29, 0.717) is 126 Å². The Morgan fingerprint density at radius 3 is 2.40 bits per heavy atom. The summed E-state index contributed by atoms with van der Waals surface area (Å²) in [6.45, 7) is 7.59. The average Bonchev–Trinajstić information content (AvgIpc) is 3.73. The Morgan fingerprint density at radius 2 is 1.64 bits per heavy atom. The molecule has 0 radical (unpaired) electrons. The van der Waals surface area contributed by atoms with Gasteiger partial charge >= 0.3 is 0 Å². The molecule has 282 valence electrons. The Labute approximate surface area is 307 Å². The zero-order valence-corrected chi connectivity index (χ0v) is 30.3. The molecule has 0 spiro atoms. The fourth-order valence-electron chi connectivity index (χ4n) is 6.20. The van der Waals surface area contributed by atoms with Crippen LogP contribution in [0.4, 0.5) is 11.8 Å². The first kappa shape index (κ1) is 37.6. The van der Waals surface area contributed by atoms with E-state index in [-0.39, 0.29) is 17.8 Å². The topological polar surface area (TPSA) is 199 Å². The fraction of sp³-hybridized carbons (Fsp3) is 0.459. The summed E-state index contributed by atoms with van der Waals surface area (Å²) in [5.74, 6) is 0.511. The Bertz CT molecular complexity index is 2010.